The highest BCUT2D eigenvalue weighted by Gasteiger charge is 2.58. The lowest BCUT2D eigenvalue weighted by Gasteiger charge is -2.36. The Morgan fingerprint density at radius 1 is 0.896 bits per heavy atom. The molecule has 0 bridgehead atoms. The van der Waals surface area contributed by atoms with Crippen LogP contribution in [0.2, 0.25) is 0 Å². The van der Waals surface area contributed by atoms with Crippen LogP contribution in [-0.2, 0) is 18.1 Å². The van der Waals surface area contributed by atoms with Gasteiger partial charge in [-0.1, -0.05) is 29.5 Å². The number of nitrogens with zero attached hydrogens (tertiary/aromatic N) is 9. The first-order chi connectivity index (χ1) is 23.1. The molecule has 4 heterocycles. The number of rotatable bonds is 8. The van der Waals surface area contributed by atoms with Gasteiger partial charge >= 0.3 is 5.92 Å². The van der Waals surface area contributed by atoms with Crippen molar-refractivity contribution in [3.05, 3.63) is 114 Å². The number of hydrogen-bond acceptors (Lipinski definition) is 10. The van der Waals surface area contributed by atoms with Crippen molar-refractivity contribution in [2.24, 2.45) is 0 Å². The summed E-state index contributed by atoms with van der Waals surface area (Å²) in [6.07, 6.45) is 2.25. The summed E-state index contributed by atoms with van der Waals surface area (Å²) in [5, 5.41) is 31.8. The van der Waals surface area contributed by atoms with E-state index in [-0.39, 0.29) is 0 Å². The average Bonchev–Trinajstić information content (AvgIpc) is 3.78. The Kier molecular flexibility index (Phi) is 7.98. The number of benzene rings is 3. The van der Waals surface area contributed by atoms with E-state index in [4.69, 9.17) is 4.98 Å². The van der Waals surface area contributed by atoms with Crippen LogP contribution in [-0.4, -0.2) is 61.5 Å². The van der Waals surface area contributed by atoms with Gasteiger partial charge in [0.1, 0.15) is 23.7 Å². The SMILES string of the molecule is N#Cc1ccc2sc(N3CCN(c4ccc(-c5ccc(C(F)(F)C(O)(Cn6cnnn6)c6ccc(F)cc6F)nc5)cc4)CC3)nc2c1. The van der Waals surface area contributed by atoms with Gasteiger partial charge in [-0.25, -0.2) is 18.4 Å². The molecule has 1 saturated heterocycles. The summed E-state index contributed by atoms with van der Waals surface area (Å²) in [4.78, 5) is 13.2. The normalized spacial score (nSPS) is 15.0. The number of pyridine rings is 1. The number of alkyl halides is 2. The largest absolute Gasteiger partial charge is 0.377 e. The highest BCUT2D eigenvalue weighted by atomic mass is 32.1. The minimum atomic E-state index is -4.15. The lowest BCUT2D eigenvalue weighted by Crippen LogP contribution is -2.48. The Morgan fingerprint density at radius 3 is 2.31 bits per heavy atom. The van der Waals surface area contributed by atoms with E-state index in [9.17, 15) is 19.1 Å². The summed E-state index contributed by atoms with van der Waals surface area (Å²) < 4.78 is 62.5. The summed E-state index contributed by atoms with van der Waals surface area (Å²) in [7, 11) is 0. The lowest BCUT2D eigenvalue weighted by molar-refractivity contribution is -0.207. The number of halogens is 4. The van der Waals surface area contributed by atoms with E-state index in [1.807, 2.05) is 30.3 Å². The Hall–Kier alpha value is -5.46. The van der Waals surface area contributed by atoms with E-state index in [1.54, 1.807) is 23.5 Å². The fourth-order valence-corrected chi connectivity index (χ4v) is 6.77. The number of anilines is 2. The number of aromatic nitrogens is 6. The highest BCUT2D eigenvalue weighted by molar-refractivity contribution is 7.22. The van der Waals surface area contributed by atoms with E-state index in [1.165, 1.54) is 12.3 Å². The maximum absolute atomic E-state index is 16.1. The van der Waals surface area contributed by atoms with Crippen LogP contribution in [0.25, 0.3) is 21.3 Å². The number of thiazole rings is 1. The molecule has 0 radical (unpaired) electrons. The fraction of sp³-hybridized carbons (Fsp3) is 0.212. The van der Waals surface area contributed by atoms with Gasteiger partial charge in [0.05, 0.1) is 28.4 Å². The number of tetrazole rings is 1. The van der Waals surface area contributed by atoms with Crippen LogP contribution in [0.1, 0.15) is 16.8 Å². The topological polar surface area (TPSA) is 120 Å². The van der Waals surface area contributed by atoms with E-state index < -0.39 is 41.0 Å². The van der Waals surface area contributed by atoms with E-state index >= 15 is 8.78 Å². The maximum Gasteiger partial charge on any atom is 0.323 e. The van der Waals surface area contributed by atoms with Gasteiger partial charge in [0.25, 0.3) is 0 Å². The summed E-state index contributed by atoms with van der Waals surface area (Å²) in [6, 6.07) is 19.8. The first kappa shape index (κ1) is 31.2. The molecule has 0 saturated carbocycles. The van der Waals surface area contributed by atoms with E-state index in [2.05, 4.69) is 36.4 Å². The third kappa shape index (κ3) is 5.69. The number of nitriles is 1. The first-order valence-corrected chi connectivity index (χ1v) is 15.6. The molecule has 15 heteroatoms. The zero-order chi connectivity index (χ0) is 33.5. The van der Waals surface area contributed by atoms with Gasteiger partial charge < -0.3 is 14.9 Å². The van der Waals surface area contributed by atoms with Crippen molar-refractivity contribution in [3.63, 3.8) is 0 Å². The molecule has 1 unspecified atom stereocenters. The zero-order valence-corrected chi connectivity index (χ0v) is 25.8. The minimum absolute atomic E-state index is 0.422. The molecule has 1 aliphatic rings. The molecule has 0 amide bonds. The van der Waals surface area contributed by atoms with E-state index in [0.29, 0.717) is 17.2 Å². The van der Waals surface area contributed by atoms with Crippen LogP contribution in [0, 0.1) is 23.0 Å². The van der Waals surface area contributed by atoms with Crippen LogP contribution in [0.5, 0.6) is 0 Å². The number of piperazine rings is 1. The molecule has 10 nitrogen and oxygen atoms in total. The molecule has 3 aromatic carbocycles. The Bertz CT molecular complexity index is 2110. The molecule has 48 heavy (non-hydrogen) atoms. The van der Waals surface area contributed by atoms with Crippen molar-refractivity contribution in [3.8, 4) is 17.2 Å². The first-order valence-electron chi connectivity index (χ1n) is 14.8. The fourth-order valence-electron chi connectivity index (χ4n) is 5.77. The number of aliphatic hydroxyl groups is 1. The molecule has 1 N–H and O–H groups in total. The van der Waals surface area contributed by atoms with Crippen molar-refractivity contribution in [1.82, 2.24) is 30.2 Å². The van der Waals surface area contributed by atoms with Gasteiger partial charge in [-0.2, -0.15) is 14.0 Å². The van der Waals surface area contributed by atoms with Gasteiger partial charge in [-0.15, -0.1) is 5.10 Å². The summed E-state index contributed by atoms with van der Waals surface area (Å²) in [5.74, 6) is -6.48. The summed E-state index contributed by atoms with van der Waals surface area (Å²) in [5.41, 5.74) is -1.17. The predicted molar refractivity (Wildman–Crippen MR) is 170 cm³/mol. The van der Waals surface area contributed by atoms with Crippen molar-refractivity contribution in [2.75, 3.05) is 36.0 Å². The van der Waals surface area contributed by atoms with Crippen LogP contribution < -0.4 is 9.80 Å². The molecular formula is C33H25F4N9OS. The third-order valence-corrected chi connectivity index (χ3v) is 9.48. The van der Waals surface area contributed by atoms with Crippen molar-refractivity contribution in [1.29, 1.82) is 5.26 Å². The van der Waals surface area contributed by atoms with Crippen LogP contribution in [0.3, 0.4) is 0 Å². The molecule has 242 valence electrons. The molecule has 0 aliphatic carbocycles. The Balaban J connectivity index is 1.06. The highest BCUT2D eigenvalue weighted by Crippen LogP contribution is 2.47. The van der Waals surface area contributed by atoms with E-state index in [0.717, 1.165) is 82.0 Å². The molecule has 6 aromatic rings. The van der Waals surface area contributed by atoms with Crippen molar-refractivity contribution >= 4 is 32.4 Å². The molecule has 0 spiro atoms. The molecule has 1 aliphatic heterocycles. The third-order valence-electron chi connectivity index (χ3n) is 8.38. The van der Waals surface area contributed by atoms with Crippen molar-refractivity contribution in [2.45, 2.75) is 18.1 Å². The molecule has 7 rings (SSSR count). The quantitative estimate of drug-likeness (QED) is 0.209. The molecule has 1 atom stereocenters. The minimum Gasteiger partial charge on any atom is -0.377 e. The summed E-state index contributed by atoms with van der Waals surface area (Å²) in [6.45, 7) is 2.15. The van der Waals surface area contributed by atoms with Gasteiger partial charge in [-0.05, 0) is 64.5 Å². The Morgan fingerprint density at radius 2 is 1.65 bits per heavy atom. The second kappa shape index (κ2) is 12.3. The average molecular weight is 672 g/mol. The predicted octanol–water partition coefficient (Wildman–Crippen LogP) is 5.50. The molecule has 1 fully saturated rings. The molecular weight excluding hydrogens is 646 g/mol. The van der Waals surface area contributed by atoms with Crippen molar-refractivity contribution < 1.29 is 22.7 Å². The van der Waals surface area contributed by atoms with Crippen LogP contribution >= 0.6 is 11.3 Å². The monoisotopic (exact) mass is 671 g/mol. The second-order valence-electron chi connectivity index (χ2n) is 11.3. The van der Waals surface area contributed by atoms with Gasteiger partial charge in [0.2, 0.25) is 0 Å². The number of fused-ring (bicyclic) bond motifs is 1. The van der Waals surface area contributed by atoms with Gasteiger partial charge in [0, 0.05) is 55.3 Å². The number of hydrogen-bond donors (Lipinski definition) is 1. The second-order valence-corrected chi connectivity index (χ2v) is 12.3. The van der Waals surface area contributed by atoms with Gasteiger partial charge in [-0.3, -0.25) is 4.98 Å². The zero-order valence-electron chi connectivity index (χ0n) is 25.0. The Labute approximate surface area is 275 Å². The maximum atomic E-state index is 16.1. The standard InChI is InChI=1S/C33H25F4N9OS/c34-24-5-8-26(27(35)16-24)32(47,19-46-20-40-42-43-46)33(36,37)30-10-4-23(18-39-30)22-2-6-25(7-3-22)44-11-13-45(14-12-44)31-41-28-15-21(17-38)1-9-29(28)48-31/h1-10,15-16,18,20,47H,11-14,19H2. The van der Waals surface area contributed by atoms with Gasteiger partial charge in [0.15, 0.2) is 10.7 Å². The lowest BCUT2D eigenvalue weighted by atomic mass is 9.84. The molecule has 3 aromatic heterocycles. The summed E-state index contributed by atoms with van der Waals surface area (Å²) >= 11 is 1.60. The van der Waals surface area contributed by atoms with Crippen LogP contribution in [0.4, 0.5) is 28.4 Å². The van der Waals surface area contributed by atoms with Crippen LogP contribution in [0.15, 0.2) is 85.3 Å². The smallest absolute Gasteiger partial charge is 0.323 e.